The molecule has 2 aromatic carbocycles. The number of rotatable bonds is 6. The quantitative estimate of drug-likeness (QED) is 0.425. The molecule has 0 saturated carbocycles. The van der Waals surface area contributed by atoms with E-state index < -0.39 is 23.5 Å². The molecule has 0 aromatic heterocycles. The van der Waals surface area contributed by atoms with E-state index in [0.717, 1.165) is 11.3 Å². The fraction of sp³-hybridized carbons (Fsp3) is 0.360. The number of benzene rings is 2. The summed E-state index contributed by atoms with van der Waals surface area (Å²) < 4.78 is 20.5. The van der Waals surface area contributed by atoms with Gasteiger partial charge in [0.2, 0.25) is 0 Å². The molecule has 32 heavy (non-hydrogen) atoms. The maximum Gasteiger partial charge on any atom is 0.295 e. The summed E-state index contributed by atoms with van der Waals surface area (Å²) in [6.45, 7) is 2.93. The summed E-state index contributed by atoms with van der Waals surface area (Å²) in [4.78, 5) is 29.3. The first kappa shape index (κ1) is 22.0. The SMILES string of the molecule is C[C@@H]1Cc2cc(C(O)=C3C(=O)C(=O)N(CCCN(C)C)[C@H]3c3ccccc3F)ccc2O1. The molecule has 2 heterocycles. The molecule has 2 atom stereocenters. The van der Waals surface area contributed by atoms with Gasteiger partial charge in [0.15, 0.2) is 0 Å². The van der Waals surface area contributed by atoms with Crippen molar-refractivity contribution in [1.29, 1.82) is 0 Å². The van der Waals surface area contributed by atoms with Crippen LogP contribution in [0, 0.1) is 5.82 Å². The molecule has 1 saturated heterocycles. The average Bonchev–Trinajstić information content (AvgIpc) is 3.24. The van der Waals surface area contributed by atoms with E-state index in [-0.39, 0.29) is 29.5 Å². The monoisotopic (exact) mass is 438 g/mol. The van der Waals surface area contributed by atoms with Gasteiger partial charge in [0.05, 0.1) is 11.6 Å². The summed E-state index contributed by atoms with van der Waals surface area (Å²) in [5.41, 5.74) is 1.44. The van der Waals surface area contributed by atoms with Gasteiger partial charge in [-0.25, -0.2) is 4.39 Å². The van der Waals surface area contributed by atoms with E-state index >= 15 is 0 Å². The summed E-state index contributed by atoms with van der Waals surface area (Å²) in [7, 11) is 3.84. The van der Waals surface area contributed by atoms with Gasteiger partial charge in [0.1, 0.15) is 23.4 Å². The van der Waals surface area contributed by atoms with Crippen molar-refractivity contribution in [3.8, 4) is 5.75 Å². The number of carbonyl (C=O) groups is 2. The number of carbonyl (C=O) groups excluding carboxylic acids is 2. The number of fused-ring (bicyclic) bond motifs is 1. The highest BCUT2D eigenvalue weighted by atomic mass is 19.1. The van der Waals surface area contributed by atoms with Crippen LogP contribution in [0.2, 0.25) is 0 Å². The van der Waals surface area contributed by atoms with Gasteiger partial charge in [0, 0.05) is 24.1 Å². The normalized spacial score (nSPS) is 21.8. The summed E-state index contributed by atoms with van der Waals surface area (Å²) in [6, 6.07) is 10.3. The van der Waals surface area contributed by atoms with Crippen LogP contribution < -0.4 is 4.74 Å². The Hall–Kier alpha value is -3.19. The molecule has 168 valence electrons. The second-order valence-electron chi connectivity index (χ2n) is 8.63. The lowest BCUT2D eigenvalue weighted by Crippen LogP contribution is -2.32. The second kappa shape index (κ2) is 8.74. The number of hydrogen-bond donors (Lipinski definition) is 1. The number of aliphatic hydroxyl groups excluding tert-OH is 1. The standard InChI is InChI=1S/C25H27FN2O4/c1-15-13-17-14-16(9-10-20(17)32-15)23(29)21-22(18-7-4-5-8-19(18)26)28(25(31)24(21)30)12-6-11-27(2)3/h4-5,7-10,14-15,22,29H,6,11-13H2,1-3H3/t15-,22+/m1/s1. The highest BCUT2D eigenvalue weighted by Gasteiger charge is 2.46. The van der Waals surface area contributed by atoms with Gasteiger partial charge in [-0.15, -0.1) is 0 Å². The van der Waals surface area contributed by atoms with E-state index in [1.54, 1.807) is 36.4 Å². The highest BCUT2D eigenvalue weighted by Crippen LogP contribution is 2.41. The molecule has 0 spiro atoms. The van der Waals surface area contributed by atoms with Gasteiger partial charge < -0.3 is 19.6 Å². The van der Waals surface area contributed by atoms with Crippen molar-refractivity contribution >= 4 is 17.4 Å². The van der Waals surface area contributed by atoms with E-state index in [9.17, 15) is 19.1 Å². The molecule has 0 unspecified atom stereocenters. The fourth-order valence-corrected chi connectivity index (χ4v) is 4.41. The smallest absolute Gasteiger partial charge is 0.295 e. The van der Waals surface area contributed by atoms with E-state index in [1.807, 2.05) is 25.9 Å². The lowest BCUT2D eigenvalue weighted by atomic mass is 9.94. The molecule has 7 heteroatoms. The number of hydrogen-bond acceptors (Lipinski definition) is 5. The summed E-state index contributed by atoms with van der Waals surface area (Å²) >= 11 is 0. The first-order chi connectivity index (χ1) is 15.3. The summed E-state index contributed by atoms with van der Waals surface area (Å²) in [5.74, 6) is -1.61. The molecular formula is C25H27FN2O4. The largest absolute Gasteiger partial charge is 0.507 e. The Bertz CT molecular complexity index is 1100. The first-order valence-corrected chi connectivity index (χ1v) is 10.8. The fourth-order valence-electron chi connectivity index (χ4n) is 4.41. The minimum Gasteiger partial charge on any atom is -0.507 e. The molecular weight excluding hydrogens is 411 g/mol. The van der Waals surface area contributed by atoms with Crippen LogP contribution in [0.15, 0.2) is 48.0 Å². The van der Waals surface area contributed by atoms with Crippen molar-refractivity contribution in [3.05, 3.63) is 70.5 Å². The van der Waals surface area contributed by atoms with Gasteiger partial charge in [-0.05, 0) is 63.8 Å². The molecule has 1 fully saturated rings. The number of likely N-dealkylation sites (tertiary alicyclic amines) is 1. The third kappa shape index (κ3) is 4.00. The van der Waals surface area contributed by atoms with Crippen LogP contribution in [-0.4, -0.2) is 59.9 Å². The molecule has 6 nitrogen and oxygen atoms in total. The van der Waals surface area contributed by atoms with Crippen LogP contribution >= 0.6 is 0 Å². The zero-order valence-electron chi connectivity index (χ0n) is 18.5. The lowest BCUT2D eigenvalue weighted by Gasteiger charge is -2.26. The van der Waals surface area contributed by atoms with Crippen molar-refractivity contribution < 1.29 is 23.8 Å². The highest BCUT2D eigenvalue weighted by molar-refractivity contribution is 6.46. The molecule has 0 bridgehead atoms. The zero-order valence-corrected chi connectivity index (χ0v) is 18.5. The molecule has 1 amide bonds. The second-order valence-corrected chi connectivity index (χ2v) is 8.63. The van der Waals surface area contributed by atoms with Gasteiger partial charge in [0.25, 0.3) is 11.7 Å². The maximum absolute atomic E-state index is 14.8. The van der Waals surface area contributed by atoms with Gasteiger partial charge in [-0.2, -0.15) is 0 Å². The minimum atomic E-state index is -0.984. The van der Waals surface area contributed by atoms with Crippen molar-refractivity contribution in [3.63, 3.8) is 0 Å². The number of Topliss-reactive ketones (excluding diaryl/α,β-unsaturated/α-hetero) is 1. The first-order valence-electron chi connectivity index (χ1n) is 10.8. The molecule has 2 aliphatic heterocycles. The zero-order chi connectivity index (χ0) is 23.0. The van der Waals surface area contributed by atoms with Crippen LogP contribution in [0.5, 0.6) is 5.75 Å². The minimum absolute atomic E-state index is 0.0306. The number of amides is 1. The Labute approximate surface area is 186 Å². The van der Waals surface area contributed by atoms with Crippen molar-refractivity contribution in [1.82, 2.24) is 9.80 Å². The Morgan fingerprint density at radius 1 is 1.22 bits per heavy atom. The Kier molecular flexibility index (Phi) is 6.02. The molecule has 0 aliphatic carbocycles. The summed E-state index contributed by atoms with van der Waals surface area (Å²) in [6.07, 6.45) is 1.33. The number of aliphatic hydroxyl groups is 1. The number of ketones is 1. The van der Waals surface area contributed by atoms with Gasteiger partial charge >= 0.3 is 0 Å². The summed E-state index contributed by atoms with van der Waals surface area (Å²) in [5, 5.41) is 11.2. The number of halogens is 1. The van der Waals surface area contributed by atoms with Crippen LogP contribution in [0.1, 0.15) is 36.1 Å². The Balaban J connectivity index is 1.80. The van der Waals surface area contributed by atoms with Crippen LogP contribution in [0.25, 0.3) is 5.76 Å². The molecule has 0 radical (unpaired) electrons. The Morgan fingerprint density at radius 2 is 1.97 bits per heavy atom. The van der Waals surface area contributed by atoms with Crippen LogP contribution in [-0.2, 0) is 16.0 Å². The van der Waals surface area contributed by atoms with Gasteiger partial charge in [-0.1, -0.05) is 18.2 Å². The predicted molar refractivity (Wildman–Crippen MR) is 119 cm³/mol. The van der Waals surface area contributed by atoms with E-state index in [2.05, 4.69) is 0 Å². The average molecular weight is 438 g/mol. The topological polar surface area (TPSA) is 70.1 Å². The van der Waals surface area contributed by atoms with Crippen molar-refractivity contribution in [2.24, 2.45) is 0 Å². The maximum atomic E-state index is 14.8. The van der Waals surface area contributed by atoms with Crippen LogP contribution in [0.4, 0.5) is 4.39 Å². The number of nitrogens with zero attached hydrogens (tertiary/aromatic N) is 2. The Morgan fingerprint density at radius 3 is 2.69 bits per heavy atom. The van der Waals surface area contributed by atoms with Crippen molar-refractivity contribution in [2.75, 3.05) is 27.2 Å². The van der Waals surface area contributed by atoms with E-state index in [1.165, 1.54) is 11.0 Å². The molecule has 4 rings (SSSR count). The lowest BCUT2D eigenvalue weighted by molar-refractivity contribution is -0.140. The molecule has 1 N–H and O–H groups in total. The molecule has 2 aliphatic rings. The predicted octanol–water partition coefficient (Wildman–Crippen LogP) is 3.52. The third-order valence-corrected chi connectivity index (χ3v) is 5.91. The van der Waals surface area contributed by atoms with Crippen molar-refractivity contribution in [2.45, 2.75) is 31.9 Å². The van der Waals surface area contributed by atoms with Gasteiger partial charge in [-0.3, -0.25) is 9.59 Å². The van der Waals surface area contributed by atoms with E-state index in [4.69, 9.17) is 4.74 Å². The van der Waals surface area contributed by atoms with E-state index in [0.29, 0.717) is 24.9 Å². The number of ether oxygens (including phenoxy) is 1. The molecule has 2 aromatic rings. The third-order valence-electron chi connectivity index (χ3n) is 5.91. The van der Waals surface area contributed by atoms with Crippen LogP contribution in [0.3, 0.4) is 0 Å².